The number of nitrogens with two attached hydrogens (primary N) is 1. The largest absolute Gasteiger partial charge is 0.383 e. The molecule has 0 bridgehead atoms. The minimum Gasteiger partial charge on any atom is -0.383 e. The summed E-state index contributed by atoms with van der Waals surface area (Å²) in [6, 6.07) is 0. The Labute approximate surface area is 101 Å². The Morgan fingerprint density at radius 3 is 2.56 bits per heavy atom. The minimum absolute atomic E-state index is 0.139. The van der Waals surface area contributed by atoms with Gasteiger partial charge in [0.2, 0.25) is 0 Å². The zero-order chi connectivity index (χ0) is 11.6. The molecule has 2 N–H and O–H groups in total. The predicted octanol–water partition coefficient (Wildman–Crippen LogP) is 3.23. The van der Waals surface area contributed by atoms with Crippen LogP contribution in [0.25, 0.3) is 0 Å². The van der Waals surface area contributed by atoms with Crippen LogP contribution in [0, 0.1) is 6.92 Å². The van der Waals surface area contributed by atoms with Gasteiger partial charge in [0.15, 0.2) is 0 Å². The summed E-state index contributed by atoms with van der Waals surface area (Å²) in [5, 5.41) is 1.09. The average molecular weight is 240 g/mol. The number of nitrogens with zero attached hydrogens (tertiary/aromatic N) is 1. The van der Waals surface area contributed by atoms with Crippen LogP contribution in [0.5, 0.6) is 0 Å². The third-order valence-electron chi connectivity index (χ3n) is 3.30. The predicted molar refractivity (Wildman–Crippen MR) is 67.7 cm³/mol. The molecule has 2 rings (SSSR count). The Balaban J connectivity index is 2.30. The van der Waals surface area contributed by atoms with E-state index in [1.165, 1.54) is 19.3 Å². The Kier molecular flexibility index (Phi) is 3.50. The lowest BCUT2D eigenvalue weighted by molar-refractivity contribution is -0.0703. The fraction of sp³-hybridized carbons (Fsp3) is 0.750. The molecule has 1 aliphatic carbocycles. The molecule has 1 fully saturated rings. The van der Waals surface area contributed by atoms with Crippen LogP contribution in [-0.4, -0.2) is 11.6 Å². The normalized spacial score (nSPS) is 19.9. The first-order valence-corrected chi connectivity index (χ1v) is 6.87. The average Bonchev–Trinajstić information content (AvgIpc) is 2.62. The van der Waals surface area contributed by atoms with Gasteiger partial charge >= 0.3 is 0 Å². The fourth-order valence-electron chi connectivity index (χ4n) is 2.42. The minimum atomic E-state index is -0.139. The molecule has 0 aromatic carbocycles. The van der Waals surface area contributed by atoms with E-state index in [1.807, 2.05) is 6.92 Å². The van der Waals surface area contributed by atoms with Crippen LogP contribution in [0.2, 0.25) is 0 Å². The van der Waals surface area contributed by atoms with Gasteiger partial charge in [-0.25, -0.2) is 4.98 Å². The number of aromatic nitrogens is 1. The van der Waals surface area contributed by atoms with Crippen molar-refractivity contribution in [2.24, 2.45) is 0 Å². The molecule has 1 aromatic heterocycles. The molecule has 0 atom stereocenters. The quantitative estimate of drug-likeness (QED) is 0.882. The zero-order valence-corrected chi connectivity index (χ0v) is 10.9. The van der Waals surface area contributed by atoms with Gasteiger partial charge in [0, 0.05) is 11.5 Å². The molecule has 1 heterocycles. The molecule has 1 aliphatic rings. The van der Waals surface area contributed by atoms with Gasteiger partial charge < -0.3 is 10.5 Å². The molecule has 0 amide bonds. The van der Waals surface area contributed by atoms with E-state index in [0.717, 1.165) is 29.3 Å². The maximum Gasteiger partial charge on any atom is 0.137 e. The molecule has 0 saturated heterocycles. The van der Waals surface area contributed by atoms with Gasteiger partial charge in [0.05, 0.1) is 0 Å². The van der Waals surface area contributed by atoms with Crippen LogP contribution in [0.1, 0.15) is 48.9 Å². The number of hydrogen-bond acceptors (Lipinski definition) is 4. The highest BCUT2D eigenvalue weighted by Crippen LogP contribution is 2.43. The highest BCUT2D eigenvalue weighted by Gasteiger charge is 2.37. The molecule has 0 spiro atoms. The summed E-state index contributed by atoms with van der Waals surface area (Å²) in [5.74, 6) is 0.671. The third kappa shape index (κ3) is 2.09. The second-order valence-electron chi connectivity index (χ2n) is 4.45. The van der Waals surface area contributed by atoms with Crippen molar-refractivity contribution in [1.29, 1.82) is 0 Å². The summed E-state index contributed by atoms with van der Waals surface area (Å²) in [4.78, 5) is 5.61. The summed E-state index contributed by atoms with van der Waals surface area (Å²) in [5.41, 5.74) is 5.71. The van der Waals surface area contributed by atoms with Gasteiger partial charge in [-0.05, 0) is 26.7 Å². The summed E-state index contributed by atoms with van der Waals surface area (Å²) < 4.78 is 6.02. The molecule has 90 valence electrons. The van der Waals surface area contributed by atoms with Crippen molar-refractivity contribution < 1.29 is 4.74 Å². The van der Waals surface area contributed by atoms with E-state index in [4.69, 9.17) is 10.5 Å². The lowest BCUT2D eigenvalue weighted by Crippen LogP contribution is -2.32. The number of thiazole rings is 1. The lowest BCUT2D eigenvalue weighted by Gasteiger charge is -2.35. The van der Waals surface area contributed by atoms with Gasteiger partial charge in [-0.15, -0.1) is 11.3 Å². The van der Waals surface area contributed by atoms with Crippen molar-refractivity contribution in [1.82, 2.24) is 4.98 Å². The van der Waals surface area contributed by atoms with Gasteiger partial charge in [0.25, 0.3) is 0 Å². The van der Waals surface area contributed by atoms with Gasteiger partial charge in [-0.3, -0.25) is 0 Å². The first kappa shape index (κ1) is 11.9. The molecule has 1 saturated carbocycles. The van der Waals surface area contributed by atoms with E-state index < -0.39 is 0 Å². The number of aryl methyl sites for hydroxylation is 1. The Morgan fingerprint density at radius 2 is 2.06 bits per heavy atom. The number of hydrogen-bond donors (Lipinski definition) is 1. The highest BCUT2D eigenvalue weighted by molar-refractivity contribution is 7.12. The molecule has 0 radical (unpaired) electrons. The van der Waals surface area contributed by atoms with E-state index in [2.05, 4.69) is 11.9 Å². The molecule has 4 heteroatoms. The Hall–Kier alpha value is -0.610. The molecule has 0 unspecified atom stereocenters. The van der Waals surface area contributed by atoms with Crippen molar-refractivity contribution in [3.05, 3.63) is 9.88 Å². The lowest BCUT2D eigenvalue weighted by atomic mass is 9.85. The number of rotatable bonds is 3. The maximum absolute atomic E-state index is 6.02. The van der Waals surface area contributed by atoms with Gasteiger partial charge in [-0.1, -0.05) is 19.3 Å². The SMILES string of the molecule is CCOC1(c2nc(N)c(C)s2)CCCCC1. The van der Waals surface area contributed by atoms with Crippen LogP contribution in [-0.2, 0) is 10.3 Å². The van der Waals surface area contributed by atoms with E-state index in [-0.39, 0.29) is 5.60 Å². The third-order valence-corrected chi connectivity index (χ3v) is 4.48. The van der Waals surface area contributed by atoms with Crippen molar-refractivity contribution in [2.75, 3.05) is 12.3 Å². The topological polar surface area (TPSA) is 48.1 Å². The molecular weight excluding hydrogens is 220 g/mol. The summed E-state index contributed by atoms with van der Waals surface area (Å²) in [6.45, 7) is 4.83. The molecule has 0 aliphatic heterocycles. The van der Waals surface area contributed by atoms with E-state index in [9.17, 15) is 0 Å². The zero-order valence-electron chi connectivity index (χ0n) is 10.1. The number of nitrogen functional groups attached to an aromatic ring is 1. The second-order valence-corrected chi connectivity index (χ2v) is 5.65. The van der Waals surface area contributed by atoms with Crippen molar-refractivity contribution >= 4 is 17.2 Å². The van der Waals surface area contributed by atoms with Crippen LogP contribution in [0.3, 0.4) is 0 Å². The second kappa shape index (κ2) is 4.72. The summed E-state index contributed by atoms with van der Waals surface area (Å²) >= 11 is 1.70. The Morgan fingerprint density at radius 1 is 1.38 bits per heavy atom. The van der Waals surface area contributed by atoms with E-state index in [1.54, 1.807) is 11.3 Å². The van der Waals surface area contributed by atoms with Crippen molar-refractivity contribution in [3.8, 4) is 0 Å². The monoisotopic (exact) mass is 240 g/mol. The molecule has 16 heavy (non-hydrogen) atoms. The number of anilines is 1. The number of ether oxygens (including phenoxy) is 1. The summed E-state index contributed by atoms with van der Waals surface area (Å²) in [7, 11) is 0. The maximum atomic E-state index is 6.02. The van der Waals surface area contributed by atoms with E-state index >= 15 is 0 Å². The van der Waals surface area contributed by atoms with Crippen molar-refractivity contribution in [3.63, 3.8) is 0 Å². The smallest absolute Gasteiger partial charge is 0.137 e. The van der Waals surface area contributed by atoms with Gasteiger partial charge in [-0.2, -0.15) is 0 Å². The molecular formula is C12H20N2OS. The molecule has 3 nitrogen and oxygen atoms in total. The van der Waals surface area contributed by atoms with Gasteiger partial charge in [0.1, 0.15) is 16.4 Å². The Bertz CT molecular complexity index is 331. The van der Waals surface area contributed by atoms with Crippen LogP contribution >= 0.6 is 11.3 Å². The fourth-order valence-corrected chi connectivity index (χ4v) is 3.46. The first-order valence-electron chi connectivity index (χ1n) is 6.05. The first-order chi connectivity index (χ1) is 7.68. The van der Waals surface area contributed by atoms with Crippen LogP contribution in [0.4, 0.5) is 5.82 Å². The van der Waals surface area contributed by atoms with E-state index in [0.29, 0.717) is 5.82 Å². The van der Waals surface area contributed by atoms with Crippen LogP contribution in [0.15, 0.2) is 0 Å². The van der Waals surface area contributed by atoms with Crippen molar-refractivity contribution in [2.45, 2.75) is 51.6 Å². The summed E-state index contributed by atoms with van der Waals surface area (Å²) in [6.07, 6.45) is 5.96. The standard InChI is InChI=1S/C12H20N2OS/c1-3-15-12(7-5-4-6-8-12)11-14-10(13)9(2)16-11/h3-8,13H2,1-2H3. The highest BCUT2D eigenvalue weighted by atomic mass is 32.1. The van der Waals surface area contributed by atoms with Crippen LogP contribution < -0.4 is 5.73 Å². The molecule has 1 aromatic rings.